The number of carbonyl (C=O) groups is 1. The summed E-state index contributed by atoms with van der Waals surface area (Å²) in [4.78, 5) is 26.2. The molecule has 0 heterocycles. The highest BCUT2D eigenvalue weighted by Crippen LogP contribution is 2.15. The molecule has 0 unspecified atom stereocenters. The van der Waals surface area contributed by atoms with Crippen molar-refractivity contribution in [3.63, 3.8) is 0 Å². The summed E-state index contributed by atoms with van der Waals surface area (Å²) in [6.07, 6.45) is -0.793. The summed E-state index contributed by atoms with van der Waals surface area (Å²) in [5.41, 5.74) is 0.581. The molecule has 0 aliphatic heterocycles. The van der Waals surface area contributed by atoms with E-state index in [0.717, 1.165) is 5.56 Å². The minimum Gasteiger partial charge on any atom is -0.472 e. The molecule has 0 N–H and O–H groups in total. The van der Waals surface area contributed by atoms with Gasteiger partial charge in [-0.1, -0.05) is 30.3 Å². The zero-order valence-corrected chi connectivity index (χ0v) is 14.8. The topological polar surface area (TPSA) is 91.0 Å². The standard InChI is InChI=1S/C19H20N2O5/c1-19(2,3)26-18(22)20-17(25-13-14-7-5-4-6-8-14)15-9-11-16(12-10-15)21(23)24/h4-12H,13H2,1-3H3/b20-17+. The van der Waals surface area contributed by atoms with Crippen LogP contribution in [0.3, 0.4) is 0 Å². The SMILES string of the molecule is CC(C)(C)OC(=O)/N=C(/OCc1ccccc1)c1ccc([N+](=O)[O-])cc1. The number of hydrogen-bond acceptors (Lipinski definition) is 5. The Balaban J connectivity index is 2.25. The van der Waals surface area contributed by atoms with Crippen molar-refractivity contribution in [3.05, 3.63) is 75.8 Å². The molecule has 0 fully saturated rings. The van der Waals surface area contributed by atoms with Crippen LogP contribution in [0.4, 0.5) is 10.5 Å². The summed E-state index contributed by atoms with van der Waals surface area (Å²) >= 11 is 0. The summed E-state index contributed by atoms with van der Waals surface area (Å²) in [6, 6.07) is 15.0. The van der Waals surface area contributed by atoms with Gasteiger partial charge in [-0.05, 0) is 38.5 Å². The van der Waals surface area contributed by atoms with Gasteiger partial charge >= 0.3 is 6.09 Å². The van der Waals surface area contributed by atoms with Crippen LogP contribution < -0.4 is 0 Å². The average Bonchev–Trinajstić information content (AvgIpc) is 2.58. The second-order valence-corrected chi connectivity index (χ2v) is 6.48. The van der Waals surface area contributed by atoms with Gasteiger partial charge in [-0.25, -0.2) is 4.79 Å². The van der Waals surface area contributed by atoms with Gasteiger partial charge in [0.1, 0.15) is 12.2 Å². The summed E-state index contributed by atoms with van der Waals surface area (Å²) in [7, 11) is 0. The van der Waals surface area contributed by atoms with Gasteiger partial charge in [0.2, 0.25) is 5.90 Å². The number of non-ortho nitro benzene ring substituents is 1. The number of carbonyl (C=O) groups excluding carboxylic acids is 1. The van der Waals surface area contributed by atoms with Gasteiger partial charge in [0, 0.05) is 17.7 Å². The molecule has 2 rings (SSSR count). The van der Waals surface area contributed by atoms with Crippen LogP contribution in [0.5, 0.6) is 0 Å². The average molecular weight is 356 g/mol. The number of amides is 1. The second kappa shape index (κ2) is 8.24. The number of ether oxygens (including phenoxy) is 2. The third-order valence-corrected chi connectivity index (χ3v) is 3.13. The van der Waals surface area contributed by atoms with E-state index in [-0.39, 0.29) is 18.2 Å². The number of rotatable bonds is 4. The normalized spacial score (nSPS) is 11.7. The first-order valence-corrected chi connectivity index (χ1v) is 7.98. The van der Waals surface area contributed by atoms with Crippen molar-refractivity contribution in [2.24, 2.45) is 4.99 Å². The Hall–Kier alpha value is -3.22. The Morgan fingerprint density at radius 2 is 1.69 bits per heavy atom. The lowest BCUT2D eigenvalue weighted by Gasteiger charge is -2.18. The molecule has 7 nitrogen and oxygen atoms in total. The first-order valence-electron chi connectivity index (χ1n) is 7.98. The van der Waals surface area contributed by atoms with E-state index in [1.165, 1.54) is 24.3 Å². The summed E-state index contributed by atoms with van der Waals surface area (Å²) < 4.78 is 10.9. The number of benzene rings is 2. The van der Waals surface area contributed by atoms with Gasteiger partial charge in [0.15, 0.2) is 0 Å². The van der Waals surface area contributed by atoms with Crippen LogP contribution in [0, 0.1) is 10.1 Å². The number of nitro groups is 1. The van der Waals surface area contributed by atoms with E-state index in [9.17, 15) is 14.9 Å². The fourth-order valence-electron chi connectivity index (χ4n) is 2.00. The Kier molecular flexibility index (Phi) is 6.06. The van der Waals surface area contributed by atoms with Gasteiger partial charge < -0.3 is 9.47 Å². The van der Waals surface area contributed by atoms with Crippen LogP contribution >= 0.6 is 0 Å². The molecule has 2 aromatic carbocycles. The predicted octanol–water partition coefficient (Wildman–Crippen LogP) is 4.49. The molecule has 0 radical (unpaired) electrons. The number of nitrogens with zero attached hydrogens (tertiary/aromatic N) is 2. The number of nitro benzene ring substituents is 1. The molecule has 0 saturated carbocycles. The molecule has 7 heteroatoms. The van der Waals surface area contributed by atoms with Gasteiger partial charge in [0.05, 0.1) is 4.92 Å². The molecule has 26 heavy (non-hydrogen) atoms. The fourth-order valence-corrected chi connectivity index (χ4v) is 2.00. The van der Waals surface area contributed by atoms with Crippen molar-refractivity contribution in [2.75, 3.05) is 0 Å². The minimum absolute atomic E-state index is 0.0398. The molecule has 0 atom stereocenters. The van der Waals surface area contributed by atoms with Crippen LogP contribution in [0.25, 0.3) is 0 Å². The highest BCUT2D eigenvalue weighted by Gasteiger charge is 2.18. The van der Waals surface area contributed by atoms with E-state index in [2.05, 4.69) is 4.99 Å². The van der Waals surface area contributed by atoms with Crippen LogP contribution in [0.15, 0.2) is 59.6 Å². The highest BCUT2D eigenvalue weighted by molar-refractivity contribution is 6.00. The zero-order chi connectivity index (χ0) is 19.2. The Labute approximate surface area is 151 Å². The molecule has 136 valence electrons. The van der Waals surface area contributed by atoms with Crippen LogP contribution in [-0.2, 0) is 16.1 Å². The lowest BCUT2D eigenvalue weighted by Crippen LogP contribution is -2.23. The van der Waals surface area contributed by atoms with E-state index in [0.29, 0.717) is 5.56 Å². The van der Waals surface area contributed by atoms with Crippen molar-refractivity contribution in [2.45, 2.75) is 33.0 Å². The molecule has 0 aromatic heterocycles. The lowest BCUT2D eigenvalue weighted by atomic mass is 10.2. The number of aliphatic imine (C=N–C) groups is 1. The molecule has 0 aliphatic carbocycles. The molecule has 0 saturated heterocycles. The van der Waals surface area contributed by atoms with Gasteiger partial charge in [-0.2, -0.15) is 0 Å². The third-order valence-electron chi connectivity index (χ3n) is 3.13. The summed E-state index contributed by atoms with van der Waals surface area (Å²) in [6.45, 7) is 5.39. The van der Waals surface area contributed by atoms with Crippen LogP contribution in [-0.4, -0.2) is 22.5 Å². The summed E-state index contributed by atoms with van der Waals surface area (Å²) in [5, 5.41) is 10.8. The van der Waals surface area contributed by atoms with E-state index in [4.69, 9.17) is 9.47 Å². The lowest BCUT2D eigenvalue weighted by molar-refractivity contribution is -0.384. The fraction of sp³-hybridized carbons (Fsp3) is 0.263. The largest absolute Gasteiger partial charge is 0.472 e. The highest BCUT2D eigenvalue weighted by atomic mass is 16.6. The smallest absolute Gasteiger partial charge is 0.437 e. The first kappa shape index (κ1) is 19.1. The minimum atomic E-state index is -0.793. The molecule has 0 aliphatic rings. The Morgan fingerprint density at radius 1 is 1.08 bits per heavy atom. The molecular formula is C19H20N2O5. The van der Waals surface area contributed by atoms with Crippen molar-refractivity contribution in [1.82, 2.24) is 0 Å². The van der Waals surface area contributed by atoms with E-state index in [1.54, 1.807) is 20.8 Å². The first-order chi connectivity index (χ1) is 12.2. The van der Waals surface area contributed by atoms with Crippen molar-refractivity contribution >= 4 is 17.7 Å². The van der Waals surface area contributed by atoms with Gasteiger partial charge in [0.25, 0.3) is 5.69 Å². The quantitative estimate of drug-likeness (QED) is 0.348. The molecular weight excluding hydrogens is 336 g/mol. The van der Waals surface area contributed by atoms with Crippen molar-refractivity contribution < 1.29 is 19.2 Å². The van der Waals surface area contributed by atoms with E-state index in [1.807, 2.05) is 30.3 Å². The predicted molar refractivity (Wildman–Crippen MR) is 97.1 cm³/mol. The van der Waals surface area contributed by atoms with Crippen molar-refractivity contribution in [3.8, 4) is 0 Å². The van der Waals surface area contributed by atoms with Crippen LogP contribution in [0.2, 0.25) is 0 Å². The van der Waals surface area contributed by atoms with Gasteiger partial charge in [-0.3, -0.25) is 10.1 Å². The number of hydrogen-bond donors (Lipinski definition) is 0. The monoisotopic (exact) mass is 356 g/mol. The maximum atomic E-state index is 12.0. The molecule has 1 amide bonds. The zero-order valence-electron chi connectivity index (χ0n) is 14.8. The van der Waals surface area contributed by atoms with Crippen molar-refractivity contribution in [1.29, 1.82) is 0 Å². The molecule has 0 spiro atoms. The summed E-state index contributed by atoms with van der Waals surface area (Å²) in [5.74, 6) is 0.0398. The van der Waals surface area contributed by atoms with Gasteiger partial charge in [-0.15, -0.1) is 4.99 Å². The third kappa shape index (κ3) is 6.01. The van der Waals surface area contributed by atoms with Crippen LogP contribution in [0.1, 0.15) is 31.9 Å². The maximum absolute atomic E-state index is 12.0. The molecule has 2 aromatic rings. The van der Waals surface area contributed by atoms with E-state index >= 15 is 0 Å². The Morgan fingerprint density at radius 3 is 2.23 bits per heavy atom. The Bertz CT molecular complexity index is 793. The maximum Gasteiger partial charge on any atom is 0.437 e. The second-order valence-electron chi connectivity index (χ2n) is 6.48. The molecule has 0 bridgehead atoms. The van der Waals surface area contributed by atoms with E-state index < -0.39 is 16.6 Å².